The standard InChI is InChI=1S/C16H16N4O2/c1-9-12-8-20(5-4-13(12)19-18-9)16(22)15-6-10-2-3-11(21)7-14(10)17-15/h2-3,6-7,17,21H,4-5,8H2,1H3,(H,18,19). The largest absolute Gasteiger partial charge is 0.508 e. The Morgan fingerprint density at radius 3 is 3.09 bits per heavy atom. The minimum absolute atomic E-state index is 0.0260. The first-order valence-corrected chi connectivity index (χ1v) is 7.25. The Morgan fingerprint density at radius 1 is 1.36 bits per heavy atom. The first kappa shape index (κ1) is 12.9. The Kier molecular flexibility index (Phi) is 2.72. The van der Waals surface area contributed by atoms with Crippen LogP contribution in [0.15, 0.2) is 24.3 Å². The normalized spacial score (nSPS) is 14.3. The summed E-state index contributed by atoms with van der Waals surface area (Å²) in [7, 11) is 0. The lowest BCUT2D eigenvalue weighted by Gasteiger charge is -2.26. The van der Waals surface area contributed by atoms with Gasteiger partial charge in [0.25, 0.3) is 5.91 Å². The minimum Gasteiger partial charge on any atom is -0.508 e. The molecule has 1 amide bonds. The summed E-state index contributed by atoms with van der Waals surface area (Å²) in [5.74, 6) is 0.159. The number of aryl methyl sites for hydroxylation is 1. The minimum atomic E-state index is -0.0260. The summed E-state index contributed by atoms with van der Waals surface area (Å²) in [6.45, 7) is 3.22. The van der Waals surface area contributed by atoms with Crippen LogP contribution in [0.25, 0.3) is 10.9 Å². The molecule has 6 heteroatoms. The molecule has 0 spiro atoms. The summed E-state index contributed by atoms with van der Waals surface area (Å²) in [5.41, 5.74) is 4.51. The summed E-state index contributed by atoms with van der Waals surface area (Å²) >= 11 is 0. The predicted octanol–water partition coefficient (Wildman–Crippen LogP) is 2.10. The van der Waals surface area contributed by atoms with Crippen molar-refractivity contribution in [1.82, 2.24) is 20.1 Å². The van der Waals surface area contributed by atoms with Gasteiger partial charge in [0.1, 0.15) is 11.4 Å². The van der Waals surface area contributed by atoms with E-state index in [9.17, 15) is 9.90 Å². The first-order valence-electron chi connectivity index (χ1n) is 7.25. The summed E-state index contributed by atoms with van der Waals surface area (Å²) < 4.78 is 0. The second-order valence-corrected chi connectivity index (χ2v) is 5.71. The molecule has 0 bridgehead atoms. The summed E-state index contributed by atoms with van der Waals surface area (Å²) in [6.07, 6.45) is 0.770. The highest BCUT2D eigenvalue weighted by Crippen LogP contribution is 2.24. The molecule has 4 rings (SSSR count). The quantitative estimate of drug-likeness (QED) is 0.643. The van der Waals surface area contributed by atoms with Gasteiger partial charge >= 0.3 is 0 Å². The van der Waals surface area contributed by atoms with Crippen LogP contribution in [0, 0.1) is 6.92 Å². The van der Waals surface area contributed by atoms with Gasteiger partial charge in [-0.1, -0.05) is 0 Å². The molecule has 0 aliphatic carbocycles. The van der Waals surface area contributed by atoms with E-state index in [0.29, 0.717) is 18.8 Å². The van der Waals surface area contributed by atoms with E-state index in [2.05, 4.69) is 15.2 Å². The van der Waals surface area contributed by atoms with E-state index < -0.39 is 0 Å². The lowest BCUT2D eigenvalue weighted by molar-refractivity contribution is 0.0729. The van der Waals surface area contributed by atoms with Gasteiger partial charge in [-0.15, -0.1) is 0 Å². The number of carbonyl (C=O) groups excluding carboxylic acids is 1. The molecule has 0 saturated carbocycles. The van der Waals surface area contributed by atoms with Crippen LogP contribution in [0.5, 0.6) is 5.75 Å². The van der Waals surface area contributed by atoms with Crippen LogP contribution in [0.2, 0.25) is 0 Å². The fraction of sp³-hybridized carbons (Fsp3) is 0.250. The second-order valence-electron chi connectivity index (χ2n) is 5.71. The van der Waals surface area contributed by atoms with Crippen molar-refractivity contribution >= 4 is 16.8 Å². The van der Waals surface area contributed by atoms with Crippen LogP contribution >= 0.6 is 0 Å². The fourth-order valence-electron chi connectivity index (χ4n) is 3.00. The number of rotatable bonds is 1. The molecule has 1 aliphatic heterocycles. The molecule has 3 N–H and O–H groups in total. The molecular formula is C16H16N4O2. The van der Waals surface area contributed by atoms with Crippen LogP contribution in [0.3, 0.4) is 0 Å². The Balaban J connectivity index is 1.65. The average molecular weight is 296 g/mol. The third-order valence-corrected chi connectivity index (χ3v) is 4.25. The molecule has 3 heterocycles. The fourth-order valence-corrected chi connectivity index (χ4v) is 3.00. The van der Waals surface area contributed by atoms with Crippen LogP contribution in [0.4, 0.5) is 0 Å². The van der Waals surface area contributed by atoms with Crippen molar-refractivity contribution in [2.75, 3.05) is 6.54 Å². The van der Waals surface area contributed by atoms with E-state index in [4.69, 9.17) is 0 Å². The van der Waals surface area contributed by atoms with E-state index in [1.807, 2.05) is 17.9 Å². The number of nitrogens with zero attached hydrogens (tertiary/aromatic N) is 2. The lowest BCUT2D eigenvalue weighted by atomic mass is 10.1. The molecule has 0 atom stereocenters. The van der Waals surface area contributed by atoms with Crippen molar-refractivity contribution in [3.8, 4) is 5.75 Å². The molecule has 2 aromatic heterocycles. The predicted molar refractivity (Wildman–Crippen MR) is 81.7 cm³/mol. The molecular weight excluding hydrogens is 280 g/mol. The molecule has 0 unspecified atom stereocenters. The first-order chi connectivity index (χ1) is 10.6. The van der Waals surface area contributed by atoms with Crippen molar-refractivity contribution in [2.24, 2.45) is 0 Å². The van der Waals surface area contributed by atoms with E-state index >= 15 is 0 Å². The van der Waals surface area contributed by atoms with Gasteiger partial charge in [0.05, 0.1) is 5.69 Å². The van der Waals surface area contributed by atoms with Crippen molar-refractivity contribution in [1.29, 1.82) is 0 Å². The van der Waals surface area contributed by atoms with Gasteiger partial charge in [-0.3, -0.25) is 9.89 Å². The van der Waals surface area contributed by atoms with Gasteiger partial charge in [0.15, 0.2) is 0 Å². The van der Waals surface area contributed by atoms with Crippen molar-refractivity contribution in [2.45, 2.75) is 19.9 Å². The van der Waals surface area contributed by atoms with E-state index in [1.165, 1.54) is 0 Å². The number of hydrogen-bond acceptors (Lipinski definition) is 3. The number of benzene rings is 1. The Bertz CT molecular complexity index is 878. The highest BCUT2D eigenvalue weighted by Gasteiger charge is 2.25. The Hall–Kier alpha value is -2.76. The van der Waals surface area contributed by atoms with Gasteiger partial charge < -0.3 is 15.0 Å². The molecule has 0 radical (unpaired) electrons. The highest BCUT2D eigenvalue weighted by atomic mass is 16.3. The average Bonchev–Trinajstić information content (AvgIpc) is 3.10. The highest BCUT2D eigenvalue weighted by molar-refractivity contribution is 5.98. The number of H-pyrrole nitrogens is 2. The van der Waals surface area contributed by atoms with Crippen molar-refractivity contribution < 1.29 is 9.90 Å². The van der Waals surface area contributed by atoms with Gasteiger partial charge in [0.2, 0.25) is 0 Å². The number of aromatic hydroxyl groups is 1. The second kappa shape index (κ2) is 4.62. The zero-order chi connectivity index (χ0) is 15.3. The molecule has 0 fully saturated rings. The smallest absolute Gasteiger partial charge is 0.270 e. The van der Waals surface area contributed by atoms with Crippen LogP contribution < -0.4 is 0 Å². The Labute approximate surface area is 126 Å². The van der Waals surface area contributed by atoms with Gasteiger partial charge in [-0.05, 0) is 25.1 Å². The van der Waals surface area contributed by atoms with Crippen molar-refractivity contribution in [3.05, 3.63) is 46.9 Å². The maximum absolute atomic E-state index is 12.7. The number of phenolic OH excluding ortho intramolecular Hbond substituents is 1. The number of fused-ring (bicyclic) bond motifs is 2. The molecule has 22 heavy (non-hydrogen) atoms. The number of aromatic nitrogens is 3. The lowest BCUT2D eigenvalue weighted by Crippen LogP contribution is -2.36. The maximum atomic E-state index is 12.7. The molecule has 1 aliphatic rings. The summed E-state index contributed by atoms with van der Waals surface area (Å²) in [6, 6.07) is 6.87. The number of nitrogens with one attached hydrogen (secondary N) is 2. The number of aromatic amines is 2. The van der Waals surface area contributed by atoms with Gasteiger partial charge in [0, 0.05) is 47.7 Å². The number of amides is 1. The van der Waals surface area contributed by atoms with E-state index in [-0.39, 0.29) is 11.7 Å². The SMILES string of the molecule is Cc1[nH]nc2c1CN(C(=O)c1cc3ccc(O)cc3[nH]1)CC2. The van der Waals surface area contributed by atoms with E-state index in [1.54, 1.807) is 18.2 Å². The summed E-state index contributed by atoms with van der Waals surface area (Å²) in [5, 5.41) is 17.7. The van der Waals surface area contributed by atoms with Crippen LogP contribution in [-0.2, 0) is 13.0 Å². The van der Waals surface area contributed by atoms with Crippen LogP contribution in [0.1, 0.15) is 27.4 Å². The zero-order valence-electron chi connectivity index (χ0n) is 12.2. The monoisotopic (exact) mass is 296 g/mol. The third-order valence-electron chi connectivity index (χ3n) is 4.25. The summed E-state index contributed by atoms with van der Waals surface area (Å²) in [4.78, 5) is 17.6. The number of hydrogen-bond donors (Lipinski definition) is 3. The number of phenols is 1. The molecule has 3 aromatic rings. The third kappa shape index (κ3) is 1.95. The molecule has 6 nitrogen and oxygen atoms in total. The van der Waals surface area contributed by atoms with Gasteiger partial charge in [-0.2, -0.15) is 5.10 Å². The molecule has 0 saturated heterocycles. The maximum Gasteiger partial charge on any atom is 0.270 e. The molecule has 1 aromatic carbocycles. The Morgan fingerprint density at radius 2 is 2.23 bits per heavy atom. The van der Waals surface area contributed by atoms with Gasteiger partial charge in [-0.25, -0.2) is 0 Å². The van der Waals surface area contributed by atoms with Crippen molar-refractivity contribution in [3.63, 3.8) is 0 Å². The van der Waals surface area contributed by atoms with E-state index in [0.717, 1.165) is 34.3 Å². The number of carbonyl (C=O) groups is 1. The zero-order valence-corrected chi connectivity index (χ0v) is 12.2. The molecule has 112 valence electrons. The topological polar surface area (TPSA) is 85.0 Å². The van der Waals surface area contributed by atoms with Crippen LogP contribution in [-0.4, -0.2) is 37.6 Å².